The first-order valence-electron chi connectivity index (χ1n) is 8.07. The van der Waals surface area contributed by atoms with Crippen LogP contribution in [0.2, 0.25) is 0 Å². The van der Waals surface area contributed by atoms with Gasteiger partial charge in [0.15, 0.2) is 14.9 Å². The molecule has 4 nitrogen and oxygen atoms in total. The number of rotatable bonds is 5. The van der Waals surface area contributed by atoms with Crippen LogP contribution in [0.15, 0.2) is 72.1 Å². The van der Waals surface area contributed by atoms with Gasteiger partial charge in [-0.15, -0.1) is 0 Å². The van der Waals surface area contributed by atoms with Gasteiger partial charge in [0.1, 0.15) is 0 Å². The van der Waals surface area contributed by atoms with Gasteiger partial charge in [-0.25, -0.2) is 8.42 Å². The minimum absolute atomic E-state index is 0.0625. The van der Waals surface area contributed by atoms with E-state index in [1.807, 2.05) is 65.6 Å². The van der Waals surface area contributed by atoms with Crippen LogP contribution in [-0.4, -0.2) is 30.2 Å². The molecule has 0 spiro atoms. The average molecular weight is 373 g/mol. The fourth-order valence-corrected chi connectivity index (χ4v) is 4.32. The van der Waals surface area contributed by atoms with Gasteiger partial charge in [-0.3, -0.25) is 0 Å². The van der Waals surface area contributed by atoms with Gasteiger partial charge in [0.2, 0.25) is 0 Å². The molecule has 25 heavy (non-hydrogen) atoms. The van der Waals surface area contributed by atoms with Crippen molar-refractivity contribution in [2.45, 2.75) is 19.1 Å². The third kappa shape index (κ3) is 4.90. The van der Waals surface area contributed by atoms with Crippen molar-refractivity contribution in [1.82, 2.24) is 10.2 Å². The van der Waals surface area contributed by atoms with Crippen molar-refractivity contribution in [3.8, 4) is 0 Å². The van der Waals surface area contributed by atoms with Crippen molar-refractivity contribution in [3.05, 3.63) is 83.3 Å². The lowest BCUT2D eigenvalue weighted by molar-refractivity contribution is 0.368. The molecule has 6 heteroatoms. The van der Waals surface area contributed by atoms with E-state index in [1.165, 1.54) is 5.41 Å². The van der Waals surface area contributed by atoms with E-state index in [4.69, 9.17) is 12.2 Å². The molecule has 130 valence electrons. The van der Waals surface area contributed by atoms with E-state index in [2.05, 4.69) is 5.32 Å². The lowest BCUT2D eigenvalue weighted by atomic mass is 10.2. The maximum Gasteiger partial charge on any atom is 0.173 e. The van der Waals surface area contributed by atoms with Crippen molar-refractivity contribution < 1.29 is 8.42 Å². The van der Waals surface area contributed by atoms with E-state index in [9.17, 15) is 8.42 Å². The largest absolute Gasteiger partial charge is 0.358 e. The molecule has 1 aliphatic heterocycles. The van der Waals surface area contributed by atoms with Crippen molar-refractivity contribution in [2.75, 3.05) is 5.75 Å². The highest BCUT2D eigenvalue weighted by atomic mass is 32.2. The Hall–Kier alpha value is -2.18. The Bertz CT molecular complexity index is 850. The Morgan fingerprint density at radius 2 is 1.64 bits per heavy atom. The van der Waals surface area contributed by atoms with E-state index in [-0.39, 0.29) is 11.8 Å². The second kappa shape index (κ2) is 7.80. The highest BCUT2D eigenvalue weighted by Gasteiger charge is 2.28. The summed E-state index contributed by atoms with van der Waals surface area (Å²) >= 11 is 5.57. The zero-order valence-electron chi connectivity index (χ0n) is 13.7. The molecule has 1 aliphatic rings. The number of hydrogen-bond donors (Lipinski definition) is 1. The van der Waals surface area contributed by atoms with Crippen LogP contribution in [-0.2, 0) is 22.9 Å². The Morgan fingerprint density at radius 1 is 1.04 bits per heavy atom. The number of thiocarbonyl (C=S) groups is 1. The summed E-state index contributed by atoms with van der Waals surface area (Å²) in [5.74, 6) is 0.0625. The lowest BCUT2D eigenvalue weighted by Crippen LogP contribution is -2.45. The minimum atomic E-state index is -3.14. The molecular weight excluding hydrogens is 352 g/mol. The molecule has 0 unspecified atom stereocenters. The van der Waals surface area contributed by atoms with Gasteiger partial charge in [-0.1, -0.05) is 60.7 Å². The Morgan fingerprint density at radius 3 is 2.20 bits per heavy atom. The molecule has 0 amide bonds. The van der Waals surface area contributed by atoms with Gasteiger partial charge in [-0.05, 0) is 29.4 Å². The number of nitrogens with one attached hydrogen (secondary N) is 1. The molecule has 1 heterocycles. The van der Waals surface area contributed by atoms with E-state index in [0.717, 1.165) is 11.1 Å². The normalized spacial score (nSPS) is 18.0. The van der Waals surface area contributed by atoms with Gasteiger partial charge in [0.05, 0.1) is 11.8 Å². The summed E-state index contributed by atoms with van der Waals surface area (Å²) in [6.07, 6.45) is 1.72. The molecule has 0 radical (unpaired) electrons. The van der Waals surface area contributed by atoms with E-state index in [1.54, 1.807) is 6.08 Å². The summed E-state index contributed by atoms with van der Waals surface area (Å²) in [4.78, 5) is 1.94. The SMILES string of the molecule is O=S1(=O)C=C[C@H](N(Cc2ccccc2)C(=S)NCc2ccccc2)C1. The standard InChI is InChI=1S/C19H20N2O2S2/c22-25(23)12-11-18(15-25)21(14-17-9-5-2-6-10-17)19(24)20-13-16-7-3-1-4-8-16/h1-12,18H,13-15H2,(H,20,24)/t18-/m0/s1. The van der Waals surface area contributed by atoms with Crippen LogP contribution in [0.1, 0.15) is 11.1 Å². The molecule has 2 aromatic rings. The Balaban J connectivity index is 1.73. The topological polar surface area (TPSA) is 49.4 Å². The molecule has 0 bridgehead atoms. The summed E-state index contributed by atoms with van der Waals surface area (Å²) < 4.78 is 23.6. The van der Waals surface area contributed by atoms with E-state index in [0.29, 0.717) is 18.2 Å². The van der Waals surface area contributed by atoms with E-state index < -0.39 is 9.84 Å². The van der Waals surface area contributed by atoms with Crippen LogP contribution in [0, 0.1) is 0 Å². The molecule has 0 saturated carbocycles. The number of nitrogens with zero attached hydrogens (tertiary/aromatic N) is 1. The molecule has 0 aliphatic carbocycles. The predicted octanol–water partition coefficient (Wildman–Crippen LogP) is 2.87. The molecule has 0 fully saturated rings. The van der Waals surface area contributed by atoms with Crippen LogP contribution in [0.5, 0.6) is 0 Å². The third-order valence-corrected chi connectivity index (χ3v) is 5.81. The summed E-state index contributed by atoms with van der Waals surface area (Å²) in [5, 5.41) is 5.09. The van der Waals surface area contributed by atoms with Crippen LogP contribution < -0.4 is 5.32 Å². The summed E-state index contributed by atoms with van der Waals surface area (Å²) in [7, 11) is -3.14. The first-order chi connectivity index (χ1) is 12.0. The number of benzene rings is 2. The first-order valence-corrected chi connectivity index (χ1v) is 10.2. The fraction of sp³-hybridized carbons (Fsp3) is 0.211. The number of sulfone groups is 1. The quantitative estimate of drug-likeness (QED) is 0.818. The third-order valence-electron chi connectivity index (χ3n) is 4.05. The van der Waals surface area contributed by atoms with Gasteiger partial charge >= 0.3 is 0 Å². The Kier molecular flexibility index (Phi) is 5.50. The zero-order chi connectivity index (χ0) is 17.7. The monoisotopic (exact) mass is 372 g/mol. The molecule has 2 aromatic carbocycles. The molecule has 0 aromatic heterocycles. The van der Waals surface area contributed by atoms with Gasteiger partial charge < -0.3 is 10.2 Å². The predicted molar refractivity (Wildman–Crippen MR) is 105 cm³/mol. The maximum absolute atomic E-state index is 11.8. The van der Waals surface area contributed by atoms with E-state index >= 15 is 0 Å². The zero-order valence-corrected chi connectivity index (χ0v) is 15.3. The lowest BCUT2D eigenvalue weighted by Gasteiger charge is -2.30. The number of hydrogen-bond acceptors (Lipinski definition) is 3. The van der Waals surface area contributed by atoms with Crippen LogP contribution in [0.25, 0.3) is 0 Å². The molecule has 0 saturated heterocycles. The highest BCUT2D eigenvalue weighted by molar-refractivity contribution is 7.94. The van der Waals surface area contributed by atoms with Crippen LogP contribution in [0.3, 0.4) is 0 Å². The fourth-order valence-electron chi connectivity index (χ4n) is 2.75. The highest BCUT2D eigenvalue weighted by Crippen LogP contribution is 2.18. The summed E-state index contributed by atoms with van der Waals surface area (Å²) in [6.45, 7) is 1.17. The summed E-state index contributed by atoms with van der Waals surface area (Å²) in [5.41, 5.74) is 2.21. The van der Waals surface area contributed by atoms with Crippen LogP contribution in [0.4, 0.5) is 0 Å². The molecule has 1 atom stereocenters. The van der Waals surface area contributed by atoms with Gasteiger partial charge in [-0.2, -0.15) is 0 Å². The first kappa shape index (κ1) is 17.6. The van der Waals surface area contributed by atoms with Gasteiger partial charge in [0, 0.05) is 18.5 Å². The average Bonchev–Trinajstić information content (AvgIpc) is 2.99. The summed E-state index contributed by atoms with van der Waals surface area (Å²) in [6, 6.07) is 19.7. The second-order valence-corrected chi connectivity index (χ2v) is 8.30. The van der Waals surface area contributed by atoms with Crippen LogP contribution >= 0.6 is 12.2 Å². The molecule has 3 rings (SSSR count). The Labute approximate surface area is 154 Å². The maximum atomic E-state index is 11.8. The van der Waals surface area contributed by atoms with Crippen molar-refractivity contribution in [3.63, 3.8) is 0 Å². The van der Waals surface area contributed by atoms with Crippen molar-refractivity contribution in [1.29, 1.82) is 0 Å². The van der Waals surface area contributed by atoms with Crippen molar-refractivity contribution >= 4 is 27.2 Å². The minimum Gasteiger partial charge on any atom is -0.358 e. The van der Waals surface area contributed by atoms with Gasteiger partial charge in [0.25, 0.3) is 0 Å². The molecule has 1 N–H and O–H groups in total. The molecular formula is C19H20N2O2S2. The second-order valence-electron chi connectivity index (χ2n) is 5.98. The van der Waals surface area contributed by atoms with Crippen molar-refractivity contribution in [2.24, 2.45) is 0 Å². The smallest absolute Gasteiger partial charge is 0.173 e.